The van der Waals surface area contributed by atoms with Crippen LogP contribution in [0.25, 0.3) is 0 Å². The molecular formula is C13H21N3O5. The summed E-state index contributed by atoms with van der Waals surface area (Å²) in [6.45, 7) is 6.15. The SMILES string of the molecule is CCOC(CN/C=C(/C#N)C(=O)NC(C)C(=O)O)OCC. The molecular weight excluding hydrogens is 278 g/mol. The highest BCUT2D eigenvalue weighted by molar-refractivity contribution is 5.99. The Morgan fingerprint density at radius 1 is 1.33 bits per heavy atom. The van der Waals surface area contributed by atoms with Crippen LogP contribution in [-0.2, 0) is 19.1 Å². The molecule has 0 aromatic carbocycles. The fraction of sp³-hybridized carbons (Fsp3) is 0.615. The molecule has 118 valence electrons. The third-order valence-electron chi connectivity index (χ3n) is 2.32. The molecule has 1 amide bonds. The molecule has 0 aliphatic carbocycles. The molecule has 0 fully saturated rings. The van der Waals surface area contributed by atoms with Crippen LogP contribution in [0, 0.1) is 11.3 Å². The van der Waals surface area contributed by atoms with E-state index in [2.05, 4.69) is 10.6 Å². The van der Waals surface area contributed by atoms with E-state index in [1.54, 1.807) is 6.07 Å². The van der Waals surface area contributed by atoms with Crippen molar-refractivity contribution in [3.8, 4) is 6.07 Å². The van der Waals surface area contributed by atoms with E-state index in [1.165, 1.54) is 13.1 Å². The van der Waals surface area contributed by atoms with Gasteiger partial charge >= 0.3 is 5.97 Å². The molecule has 0 aromatic heterocycles. The van der Waals surface area contributed by atoms with E-state index in [9.17, 15) is 9.59 Å². The Morgan fingerprint density at radius 2 is 1.90 bits per heavy atom. The fourth-order valence-electron chi connectivity index (χ4n) is 1.28. The zero-order valence-corrected chi connectivity index (χ0v) is 12.4. The van der Waals surface area contributed by atoms with Crippen molar-refractivity contribution in [2.75, 3.05) is 19.8 Å². The maximum absolute atomic E-state index is 11.6. The normalized spacial score (nSPS) is 12.6. The summed E-state index contributed by atoms with van der Waals surface area (Å²) >= 11 is 0. The lowest BCUT2D eigenvalue weighted by molar-refractivity contribution is -0.140. The fourth-order valence-corrected chi connectivity index (χ4v) is 1.28. The van der Waals surface area contributed by atoms with E-state index in [4.69, 9.17) is 19.8 Å². The van der Waals surface area contributed by atoms with Crippen LogP contribution in [0.3, 0.4) is 0 Å². The number of nitrogens with zero attached hydrogens (tertiary/aromatic N) is 1. The summed E-state index contributed by atoms with van der Waals surface area (Å²) in [4.78, 5) is 22.3. The standard InChI is InChI=1S/C13H21N3O5/c1-4-20-11(21-5-2)8-15-7-10(6-14)12(17)16-9(3)13(18)19/h7,9,11,15H,4-5,8H2,1-3H3,(H,16,17)(H,18,19)/b10-7-. The Labute approximate surface area is 123 Å². The van der Waals surface area contributed by atoms with Crippen LogP contribution in [0.5, 0.6) is 0 Å². The minimum atomic E-state index is -1.18. The molecule has 3 N–H and O–H groups in total. The van der Waals surface area contributed by atoms with Crippen molar-refractivity contribution in [3.05, 3.63) is 11.8 Å². The number of nitrogens with one attached hydrogen (secondary N) is 2. The average Bonchev–Trinajstić information content (AvgIpc) is 2.43. The van der Waals surface area contributed by atoms with E-state index in [-0.39, 0.29) is 12.1 Å². The first kappa shape index (κ1) is 18.9. The molecule has 0 saturated carbocycles. The van der Waals surface area contributed by atoms with Gasteiger partial charge in [0.1, 0.15) is 17.7 Å². The van der Waals surface area contributed by atoms with Gasteiger partial charge in [-0.05, 0) is 20.8 Å². The first-order valence-electron chi connectivity index (χ1n) is 6.56. The maximum Gasteiger partial charge on any atom is 0.325 e. The summed E-state index contributed by atoms with van der Waals surface area (Å²) < 4.78 is 10.6. The number of carbonyl (C=O) groups is 2. The smallest absolute Gasteiger partial charge is 0.325 e. The van der Waals surface area contributed by atoms with E-state index < -0.39 is 24.2 Å². The van der Waals surface area contributed by atoms with Crippen LogP contribution in [0.4, 0.5) is 0 Å². The van der Waals surface area contributed by atoms with Gasteiger partial charge in [-0.3, -0.25) is 9.59 Å². The number of amides is 1. The maximum atomic E-state index is 11.6. The second kappa shape index (κ2) is 10.7. The van der Waals surface area contributed by atoms with Gasteiger partial charge in [-0.25, -0.2) is 0 Å². The number of hydrogen-bond acceptors (Lipinski definition) is 6. The molecule has 0 bridgehead atoms. The minimum Gasteiger partial charge on any atom is -0.480 e. The van der Waals surface area contributed by atoms with Crippen LogP contribution in [0.15, 0.2) is 11.8 Å². The van der Waals surface area contributed by atoms with Gasteiger partial charge in [-0.2, -0.15) is 5.26 Å². The van der Waals surface area contributed by atoms with E-state index in [0.29, 0.717) is 13.2 Å². The summed E-state index contributed by atoms with van der Waals surface area (Å²) in [5.74, 6) is -1.94. The lowest BCUT2D eigenvalue weighted by Gasteiger charge is -2.16. The van der Waals surface area contributed by atoms with Crippen molar-refractivity contribution in [2.24, 2.45) is 0 Å². The largest absolute Gasteiger partial charge is 0.480 e. The lowest BCUT2D eigenvalue weighted by Crippen LogP contribution is -2.39. The monoisotopic (exact) mass is 299 g/mol. The van der Waals surface area contributed by atoms with Crippen molar-refractivity contribution in [1.82, 2.24) is 10.6 Å². The quantitative estimate of drug-likeness (QED) is 0.294. The second-order valence-corrected chi connectivity index (χ2v) is 3.95. The zero-order chi connectivity index (χ0) is 16.3. The number of carbonyl (C=O) groups excluding carboxylic acids is 1. The number of nitriles is 1. The molecule has 0 aromatic rings. The van der Waals surface area contributed by atoms with Crippen LogP contribution in [-0.4, -0.2) is 49.1 Å². The molecule has 8 nitrogen and oxygen atoms in total. The molecule has 0 aliphatic heterocycles. The molecule has 1 atom stereocenters. The summed E-state index contributed by atoms with van der Waals surface area (Å²) in [6.07, 6.45) is 0.715. The Hall–Kier alpha value is -2.11. The van der Waals surface area contributed by atoms with Gasteiger partial charge < -0.3 is 25.2 Å². The van der Waals surface area contributed by atoms with Crippen LogP contribution in [0.2, 0.25) is 0 Å². The Morgan fingerprint density at radius 3 is 2.33 bits per heavy atom. The molecule has 0 rings (SSSR count). The Balaban J connectivity index is 4.48. The first-order chi connectivity index (χ1) is 9.96. The number of ether oxygens (including phenoxy) is 2. The van der Waals surface area contributed by atoms with Crippen molar-refractivity contribution in [1.29, 1.82) is 5.26 Å². The number of hydrogen-bond donors (Lipinski definition) is 3. The van der Waals surface area contributed by atoms with Crippen LogP contribution < -0.4 is 10.6 Å². The third kappa shape index (κ3) is 7.91. The Kier molecular flexibility index (Phi) is 9.58. The molecule has 0 aliphatic rings. The van der Waals surface area contributed by atoms with E-state index in [1.807, 2.05) is 13.8 Å². The van der Waals surface area contributed by atoms with Crippen molar-refractivity contribution >= 4 is 11.9 Å². The molecule has 0 saturated heterocycles. The van der Waals surface area contributed by atoms with Crippen molar-refractivity contribution in [3.63, 3.8) is 0 Å². The number of carboxylic acid groups (broad SMARTS) is 1. The number of rotatable bonds is 10. The van der Waals surface area contributed by atoms with Crippen LogP contribution >= 0.6 is 0 Å². The van der Waals surface area contributed by atoms with Crippen LogP contribution in [0.1, 0.15) is 20.8 Å². The van der Waals surface area contributed by atoms with E-state index >= 15 is 0 Å². The number of carboxylic acids is 1. The molecule has 0 radical (unpaired) electrons. The lowest BCUT2D eigenvalue weighted by atomic mass is 10.2. The van der Waals surface area contributed by atoms with E-state index in [0.717, 1.165) is 0 Å². The summed E-state index contributed by atoms with van der Waals surface area (Å²) in [6, 6.07) is 0.621. The Bertz CT molecular complexity index is 411. The van der Waals surface area contributed by atoms with Crippen molar-refractivity contribution in [2.45, 2.75) is 33.1 Å². The van der Waals surface area contributed by atoms with Gasteiger partial charge in [-0.15, -0.1) is 0 Å². The van der Waals surface area contributed by atoms with Gasteiger partial charge in [0.05, 0.1) is 6.54 Å². The average molecular weight is 299 g/mol. The van der Waals surface area contributed by atoms with Gasteiger partial charge in [0, 0.05) is 19.4 Å². The minimum absolute atomic E-state index is 0.227. The third-order valence-corrected chi connectivity index (χ3v) is 2.32. The highest BCUT2D eigenvalue weighted by Gasteiger charge is 2.17. The predicted octanol–water partition coefficient (Wildman–Crippen LogP) is -0.0281. The predicted molar refractivity (Wildman–Crippen MR) is 74.0 cm³/mol. The zero-order valence-electron chi connectivity index (χ0n) is 12.4. The number of aliphatic carboxylic acids is 1. The van der Waals surface area contributed by atoms with Crippen molar-refractivity contribution < 1.29 is 24.2 Å². The second-order valence-electron chi connectivity index (χ2n) is 3.95. The highest BCUT2D eigenvalue weighted by atomic mass is 16.7. The first-order valence-corrected chi connectivity index (χ1v) is 6.56. The summed E-state index contributed by atoms with van der Waals surface area (Å²) in [5.41, 5.74) is -0.227. The topological polar surface area (TPSA) is 121 Å². The molecule has 1 unspecified atom stereocenters. The molecule has 21 heavy (non-hydrogen) atoms. The van der Waals surface area contributed by atoms with Gasteiger partial charge in [-0.1, -0.05) is 0 Å². The van der Waals surface area contributed by atoms with Gasteiger partial charge in [0.2, 0.25) is 0 Å². The van der Waals surface area contributed by atoms with Gasteiger partial charge in [0.25, 0.3) is 5.91 Å². The highest BCUT2D eigenvalue weighted by Crippen LogP contribution is 1.96. The van der Waals surface area contributed by atoms with Gasteiger partial charge in [0.15, 0.2) is 6.29 Å². The summed E-state index contributed by atoms with van der Waals surface area (Å²) in [7, 11) is 0. The molecule has 0 spiro atoms. The molecule has 8 heteroatoms. The molecule has 0 heterocycles. The summed E-state index contributed by atoms with van der Waals surface area (Å²) in [5, 5.41) is 22.5.